The van der Waals surface area contributed by atoms with E-state index in [1.807, 2.05) is 0 Å². The van der Waals surface area contributed by atoms with Gasteiger partial charge in [0.25, 0.3) is 11.8 Å². The van der Waals surface area contributed by atoms with Crippen molar-refractivity contribution >= 4 is 28.5 Å². The highest BCUT2D eigenvalue weighted by atomic mass is 19.1. The molecule has 0 unspecified atom stereocenters. The molecule has 0 atom stereocenters. The Hall–Kier alpha value is -3.23. The SMILES string of the molecule is Nc1c(C(=O)NCCCN2CCOCC2)c2ccccc2n1C(=O)c1ccc(F)cc1. The summed E-state index contributed by atoms with van der Waals surface area (Å²) in [4.78, 5) is 28.3. The lowest BCUT2D eigenvalue weighted by molar-refractivity contribution is 0.0374. The van der Waals surface area contributed by atoms with E-state index >= 15 is 0 Å². The Bertz CT molecular complexity index is 1090. The topological polar surface area (TPSA) is 89.6 Å². The highest BCUT2D eigenvalue weighted by molar-refractivity contribution is 6.16. The van der Waals surface area contributed by atoms with Crippen molar-refractivity contribution in [3.8, 4) is 0 Å². The average Bonchev–Trinajstić information content (AvgIpc) is 3.09. The number of nitrogens with zero attached hydrogens (tertiary/aromatic N) is 2. The van der Waals surface area contributed by atoms with Crippen LogP contribution < -0.4 is 11.1 Å². The van der Waals surface area contributed by atoms with Gasteiger partial charge in [-0.2, -0.15) is 0 Å². The summed E-state index contributed by atoms with van der Waals surface area (Å²) in [6.07, 6.45) is 0.804. The van der Waals surface area contributed by atoms with Crippen LogP contribution in [0.3, 0.4) is 0 Å². The normalized spacial score (nSPS) is 14.6. The first kappa shape index (κ1) is 21.0. The van der Waals surface area contributed by atoms with Gasteiger partial charge < -0.3 is 15.8 Å². The number of nitrogens with two attached hydrogens (primary N) is 1. The number of ether oxygens (including phenoxy) is 1. The summed E-state index contributed by atoms with van der Waals surface area (Å²) < 4.78 is 19.9. The Morgan fingerprint density at radius 1 is 1.06 bits per heavy atom. The van der Waals surface area contributed by atoms with Crippen molar-refractivity contribution in [3.05, 3.63) is 65.5 Å². The fourth-order valence-corrected chi connectivity index (χ4v) is 3.86. The first-order chi connectivity index (χ1) is 15.1. The summed E-state index contributed by atoms with van der Waals surface area (Å²) in [5.41, 5.74) is 7.39. The van der Waals surface area contributed by atoms with Crippen LogP contribution in [0.1, 0.15) is 27.1 Å². The third kappa shape index (κ3) is 4.45. The fraction of sp³-hybridized carbons (Fsp3) is 0.304. The van der Waals surface area contributed by atoms with Gasteiger partial charge in [-0.05, 0) is 43.3 Å². The number of carbonyl (C=O) groups is 2. The number of halogens is 1. The molecule has 8 heteroatoms. The predicted molar refractivity (Wildman–Crippen MR) is 117 cm³/mol. The van der Waals surface area contributed by atoms with Gasteiger partial charge in [0.2, 0.25) is 0 Å². The second-order valence-electron chi connectivity index (χ2n) is 7.49. The molecular formula is C23H25FN4O3. The molecule has 2 aromatic carbocycles. The van der Waals surface area contributed by atoms with Gasteiger partial charge in [-0.3, -0.25) is 19.1 Å². The van der Waals surface area contributed by atoms with E-state index in [-0.39, 0.29) is 22.9 Å². The largest absolute Gasteiger partial charge is 0.384 e. The number of carbonyl (C=O) groups excluding carboxylic acids is 2. The maximum Gasteiger partial charge on any atom is 0.263 e. The Labute approximate surface area is 179 Å². The molecule has 1 aliphatic rings. The standard InChI is InChI=1S/C23H25FN4O3/c24-17-8-6-16(7-9-17)23(30)28-19-5-2-1-4-18(19)20(21(28)25)22(29)26-10-3-11-27-12-14-31-15-13-27/h1-2,4-9H,3,10-15,25H2,(H,26,29). The second-order valence-corrected chi connectivity index (χ2v) is 7.49. The smallest absolute Gasteiger partial charge is 0.263 e. The highest BCUT2D eigenvalue weighted by Crippen LogP contribution is 2.29. The van der Waals surface area contributed by atoms with Crippen LogP contribution in [0, 0.1) is 5.82 Å². The zero-order chi connectivity index (χ0) is 21.8. The molecule has 1 fully saturated rings. The van der Waals surface area contributed by atoms with Gasteiger partial charge in [-0.1, -0.05) is 18.2 Å². The molecule has 0 radical (unpaired) electrons. The average molecular weight is 424 g/mol. The third-order valence-electron chi connectivity index (χ3n) is 5.47. The lowest BCUT2D eigenvalue weighted by atomic mass is 10.1. The van der Waals surface area contributed by atoms with Crippen LogP contribution in [0.5, 0.6) is 0 Å². The number of benzene rings is 2. The van der Waals surface area contributed by atoms with Crippen LogP contribution in [0.2, 0.25) is 0 Å². The van der Waals surface area contributed by atoms with E-state index in [2.05, 4.69) is 10.2 Å². The van der Waals surface area contributed by atoms with Crippen molar-refractivity contribution in [3.63, 3.8) is 0 Å². The number of aromatic nitrogens is 1. The van der Waals surface area contributed by atoms with Crippen LogP contribution in [-0.4, -0.2) is 60.7 Å². The number of fused-ring (bicyclic) bond motifs is 1. The van der Waals surface area contributed by atoms with E-state index in [1.54, 1.807) is 24.3 Å². The van der Waals surface area contributed by atoms with E-state index < -0.39 is 11.7 Å². The molecule has 7 nitrogen and oxygen atoms in total. The molecule has 1 aliphatic heterocycles. The molecule has 1 amide bonds. The van der Waals surface area contributed by atoms with Crippen molar-refractivity contribution in [1.82, 2.24) is 14.8 Å². The van der Waals surface area contributed by atoms with Gasteiger partial charge in [0, 0.05) is 30.6 Å². The molecule has 162 valence electrons. The molecule has 3 aromatic rings. The van der Waals surface area contributed by atoms with Gasteiger partial charge in [-0.15, -0.1) is 0 Å². The van der Waals surface area contributed by atoms with E-state index in [0.717, 1.165) is 39.3 Å². The molecule has 1 aromatic heterocycles. The number of hydrogen-bond acceptors (Lipinski definition) is 5. The number of morpholine rings is 1. The van der Waals surface area contributed by atoms with Crippen molar-refractivity contribution in [2.45, 2.75) is 6.42 Å². The van der Waals surface area contributed by atoms with Gasteiger partial charge in [0.1, 0.15) is 11.6 Å². The lowest BCUT2D eigenvalue weighted by Gasteiger charge is -2.26. The molecule has 4 rings (SSSR count). The van der Waals surface area contributed by atoms with Crippen LogP contribution in [0.4, 0.5) is 10.2 Å². The van der Waals surface area contributed by atoms with Gasteiger partial charge in [-0.25, -0.2) is 4.39 Å². The molecule has 2 heterocycles. The zero-order valence-electron chi connectivity index (χ0n) is 17.1. The lowest BCUT2D eigenvalue weighted by Crippen LogP contribution is -2.38. The summed E-state index contributed by atoms with van der Waals surface area (Å²) in [6.45, 7) is 4.67. The summed E-state index contributed by atoms with van der Waals surface area (Å²) >= 11 is 0. The number of hydrogen-bond donors (Lipinski definition) is 2. The van der Waals surface area contributed by atoms with Crippen LogP contribution in [-0.2, 0) is 4.74 Å². The number of nitrogen functional groups attached to an aromatic ring is 1. The van der Waals surface area contributed by atoms with Crippen molar-refractivity contribution in [1.29, 1.82) is 0 Å². The number of para-hydroxylation sites is 1. The van der Waals surface area contributed by atoms with E-state index in [4.69, 9.17) is 10.5 Å². The van der Waals surface area contributed by atoms with E-state index in [1.165, 1.54) is 28.8 Å². The molecule has 0 bridgehead atoms. The first-order valence-corrected chi connectivity index (χ1v) is 10.3. The minimum absolute atomic E-state index is 0.0706. The highest BCUT2D eigenvalue weighted by Gasteiger charge is 2.24. The Morgan fingerprint density at radius 3 is 2.52 bits per heavy atom. The summed E-state index contributed by atoms with van der Waals surface area (Å²) in [6, 6.07) is 12.3. The predicted octanol–water partition coefficient (Wildman–Crippen LogP) is 2.50. The molecule has 31 heavy (non-hydrogen) atoms. The van der Waals surface area contributed by atoms with Crippen molar-refractivity contribution in [2.75, 3.05) is 45.1 Å². The third-order valence-corrected chi connectivity index (χ3v) is 5.47. The minimum atomic E-state index is -0.431. The van der Waals surface area contributed by atoms with Gasteiger partial charge in [0.05, 0.1) is 24.3 Å². The number of rotatable bonds is 6. The summed E-state index contributed by atoms with van der Waals surface area (Å²) in [7, 11) is 0. The monoisotopic (exact) mass is 424 g/mol. The first-order valence-electron chi connectivity index (χ1n) is 10.3. The maximum atomic E-state index is 13.3. The van der Waals surface area contributed by atoms with Gasteiger partial charge >= 0.3 is 0 Å². The maximum absolute atomic E-state index is 13.3. The van der Waals surface area contributed by atoms with Crippen molar-refractivity contribution < 1.29 is 18.7 Å². The quantitative estimate of drug-likeness (QED) is 0.594. The molecule has 3 N–H and O–H groups in total. The van der Waals surface area contributed by atoms with Crippen LogP contribution in [0.25, 0.3) is 10.9 Å². The van der Waals surface area contributed by atoms with Crippen LogP contribution >= 0.6 is 0 Å². The molecule has 0 aliphatic carbocycles. The molecule has 0 spiro atoms. The molecule has 1 saturated heterocycles. The van der Waals surface area contributed by atoms with E-state index in [0.29, 0.717) is 17.4 Å². The van der Waals surface area contributed by atoms with Crippen molar-refractivity contribution in [2.24, 2.45) is 0 Å². The molecular weight excluding hydrogens is 399 g/mol. The van der Waals surface area contributed by atoms with E-state index in [9.17, 15) is 14.0 Å². The second kappa shape index (κ2) is 9.28. The van der Waals surface area contributed by atoms with Crippen LogP contribution in [0.15, 0.2) is 48.5 Å². The number of anilines is 1. The van der Waals surface area contributed by atoms with Gasteiger partial charge in [0.15, 0.2) is 0 Å². The zero-order valence-corrected chi connectivity index (χ0v) is 17.1. The summed E-state index contributed by atoms with van der Waals surface area (Å²) in [5, 5.41) is 3.52. The number of nitrogens with one attached hydrogen (secondary N) is 1. The Balaban J connectivity index is 1.53. The fourth-order valence-electron chi connectivity index (χ4n) is 3.86. The summed E-state index contributed by atoms with van der Waals surface area (Å²) in [5.74, 6) is -1.10. The molecule has 0 saturated carbocycles. The minimum Gasteiger partial charge on any atom is -0.384 e. The Morgan fingerprint density at radius 2 is 1.77 bits per heavy atom. The Kier molecular flexibility index (Phi) is 6.29. The number of amides is 1.